The predicted octanol–water partition coefficient (Wildman–Crippen LogP) is 1.49. The van der Waals surface area contributed by atoms with Crippen molar-refractivity contribution in [1.82, 2.24) is 10.3 Å². The minimum absolute atomic E-state index is 0.217. The van der Waals surface area contributed by atoms with E-state index in [0.717, 1.165) is 11.4 Å². The highest BCUT2D eigenvalue weighted by Crippen LogP contribution is 2.11. The molecule has 0 saturated carbocycles. The normalized spacial score (nSPS) is 12.5. The Labute approximate surface area is 93.7 Å². The van der Waals surface area contributed by atoms with Crippen molar-refractivity contribution in [2.75, 3.05) is 7.11 Å². The molecule has 0 radical (unpaired) electrons. The van der Waals surface area contributed by atoms with E-state index in [4.69, 9.17) is 0 Å². The molecular formula is C10H16N2O2S. The average molecular weight is 228 g/mol. The second kappa shape index (κ2) is 5.82. The van der Waals surface area contributed by atoms with Gasteiger partial charge in [0.1, 0.15) is 11.0 Å². The molecule has 84 valence electrons. The van der Waals surface area contributed by atoms with E-state index in [9.17, 15) is 4.79 Å². The van der Waals surface area contributed by atoms with Gasteiger partial charge in [0.2, 0.25) is 0 Å². The Morgan fingerprint density at radius 2 is 2.47 bits per heavy atom. The van der Waals surface area contributed by atoms with Crippen LogP contribution in [0.1, 0.15) is 23.2 Å². The van der Waals surface area contributed by atoms with E-state index in [2.05, 4.69) is 15.0 Å². The van der Waals surface area contributed by atoms with Crippen molar-refractivity contribution in [2.45, 2.75) is 32.9 Å². The second-order valence-electron chi connectivity index (χ2n) is 3.23. The van der Waals surface area contributed by atoms with E-state index < -0.39 is 0 Å². The molecule has 1 N–H and O–H groups in total. The number of nitrogens with zero attached hydrogens (tertiary/aromatic N) is 1. The van der Waals surface area contributed by atoms with Gasteiger partial charge >= 0.3 is 5.97 Å². The van der Waals surface area contributed by atoms with E-state index in [1.54, 1.807) is 11.3 Å². The number of aryl methyl sites for hydroxylation is 1. The van der Waals surface area contributed by atoms with E-state index in [0.29, 0.717) is 6.54 Å². The van der Waals surface area contributed by atoms with Crippen molar-refractivity contribution >= 4 is 17.3 Å². The Balaban J connectivity index is 2.44. The summed E-state index contributed by atoms with van der Waals surface area (Å²) >= 11 is 1.63. The van der Waals surface area contributed by atoms with Gasteiger partial charge in [-0.3, -0.25) is 10.1 Å². The molecule has 15 heavy (non-hydrogen) atoms. The predicted molar refractivity (Wildman–Crippen MR) is 59.8 cm³/mol. The van der Waals surface area contributed by atoms with E-state index in [1.807, 2.05) is 20.0 Å². The minimum atomic E-state index is -0.237. The highest BCUT2D eigenvalue weighted by atomic mass is 32.1. The molecule has 0 aliphatic heterocycles. The Hall–Kier alpha value is -0.940. The van der Waals surface area contributed by atoms with Crippen LogP contribution in [-0.4, -0.2) is 24.1 Å². The fourth-order valence-corrected chi connectivity index (χ4v) is 1.97. The smallest absolute Gasteiger partial charge is 0.322 e. The van der Waals surface area contributed by atoms with Crippen LogP contribution in [0.3, 0.4) is 0 Å². The fourth-order valence-electron chi connectivity index (χ4n) is 1.23. The summed E-state index contributed by atoms with van der Waals surface area (Å²) in [6.45, 7) is 4.58. The van der Waals surface area contributed by atoms with Crippen LogP contribution in [-0.2, 0) is 16.1 Å². The van der Waals surface area contributed by atoms with Gasteiger partial charge in [0.25, 0.3) is 0 Å². The van der Waals surface area contributed by atoms with Gasteiger partial charge in [-0.1, -0.05) is 6.92 Å². The molecule has 1 unspecified atom stereocenters. The molecule has 0 saturated heterocycles. The van der Waals surface area contributed by atoms with E-state index in [1.165, 1.54) is 12.0 Å². The summed E-state index contributed by atoms with van der Waals surface area (Å²) in [7, 11) is 1.40. The molecule has 0 spiro atoms. The lowest BCUT2D eigenvalue weighted by Crippen LogP contribution is -2.36. The summed E-state index contributed by atoms with van der Waals surface area (Å²) in [5.41, 5.74) is 0. The quantitative estimate of drug-likeness (QED) is 0.776. The molecule has 0 aromatic carbocycles. The zero-order chi connectivity index (χ0) is 11.3. The van der Waals surface area contributed by atoms with Gasteiger partial charge in [-0.2, -0.15) is 0 Å². The van der Waals surface area contributed by atoms with Crippen LogP contribution in [0.25, 0.3) is 0 Å². The number of nitrogens with one attached hydrogen (secondary N) is 1. The number of esters is 1. The van der Waals surface area contributed by atoms with Crippen molar-refractivity contribution in [1.29, 1.82) is 0 Å². The summed E-state index contributed by atoms with van der Waals surface area (Å²) in [6, 6.07) is -0.237. The minimum Gasteiger partial charge on any atom is -0.468 e. The number of carbonyl (C=O) groups excluding carboxylic acids is 1. The Morgan fingerprint density at radius 1 is 1.73 bits per heavy atom. The van der Waals surface area contributed by atoms with Gasteiger partial charge in [-0.05, 0) is 13.3 Å². The molecule has 4 nitrogen and oxygen atoms in total. The molecule has 5 heteroatoms. The van der Waals surface area contributed by atoms with Gasteiger partial charge in [0.05, 0.1) is 7.11 Å². The number of methoxy groups -OCH3 is 1. The topological polar surface area (TPSA) is 51.2 Å². The first-order chi connectivity index (χ1) is 7.17. The first-order valence-corrected chi connectivity index (χ1v) is 5.71. The maximum Gasteiger partial charge on any atom is 0.322 e. The third-order valence-corrected chi connectivity index (χ3v) is 2.98. The summed E-state index contributed by atoms with van der Waals surface area (Å²) in [6.07, 6.45) is 2.55. The van der Waals surface area contributed by atoms with E-state index >= 15 is 0 Å². The van der Waals surface area contributed by atoms with Crippen LogP contribution in [0.2, 0.25) is 0 Å². The van der Waals surface area contributed by atoms with Crippen LogP contribution in [0.5, 0.6) is 0 Å². The average Bonchev–Trinajstić information content (AvgIpc) is 2.64. The molecule has 0 fully saturated rings. The highest BCUT2D eigenvalue weighted by molar-refractivity contribution is 7.11. The van der Waals surface area contributed by atoms with Crippen molar-refractivity contribution < 1.29 is 9.53 Å². The van der Waals surface area contributed by atoms with Crippen molar-refractivity contribution in [3.63, 3.8) is 0 Å². The molecule has 1 aromatic rings. The van der Waals surface area contributed by atoms with Crippen LogP contribution in [0, 0.1) is 6.92 Å². The maximum absolute atomic E-state index is 11.3. The summed E-state index contributed by atoms with van der Waals surface area (Å²) in [4.78, 5) is 16.7. The lowest BCUT2D eigenvalue weighted by Gasteiger charge is -2.12. The lowest BCUT2D eigenvalue weighted by atomic mass is 10.2. The molecule has 0 amide bonds. The first kappa shape index (κ1) is 12.1. The number of rotatable bonds is 5. The van der Waals surface area contributed by atoms with Crippen LogP contribution < -0.4 is 5.32 Å². The van der Waals surface area contributed by atoms with Gasteiger partial charge in [0.15, 0.2) is 0 Å². The van der Waals surface area contributed by atoms with Gasteiger partial charge in [-0.15, -0.1) is 11.3 Å². The van der Waals surface area contributed by atoms with Crippen molar-refractivity contribution in [2.24, 2.45) is 0 Å². The molecule has 0 bridgehead atoms. The Morgan fingerprint density at radius 3 is 2.93 bits per heavy atom. The van der Waals surface area contributed by atoms with Gasteiger partial charge < -0.3 is 4.74 Å². The van der Waals surface area contributed by atoms with Crippen molar-refractivity contribution in [3.05, 3.63) is 16.1 Å². The second-order valence-corrected chi connectivity index (χ2v) is 4.55. The van der Waals surface area contributed by atoms with Gasteiger partial charge in [-0.25, -0.2) is 4.98 Å². The molecule has 1 atom stereocenters. The number of ether oxygens (including phenoxy) is 1. The van der Waals surface area contributed by atoms with Crippen molar-refractivity contribution in [3.8, 4) is 0 Å². The molecule has 0 aliphatic carbocycles. The summed E-state index contributed by atoms with van der Waals surface area (Å²) in [5, 5.41) is 4.12. The SMILES string of the molecule is CCC(NCc1ncc(C)s1)C(=O)OC. The largest absolute Gasteiger partial charge is 0.468 e. The number of thiazole rings is 1. The van der Waals surface area contributed by atoms with Crippen LogP contribution in [0.4, 0.5) is 0 Å². The molecule has 1 heterocycles. The third-order valence-electron chi connectivity index (χ3n) is 2.06. The maximum atomic E-state index is 11.3. The molecule has 1 rings (SSSR count). The Bertz CT molecular complexity index is 325. The summed E-state index contributed by atoms with van der Waals surface area (Å²) < 4.78 is 4.68. The number of aromatic nitrogens is 1. The van der Waals surface area contributed by atoms with E-state index in [-0.39, 0.29) is 12.0 Å². The van der Waals surface area contributed by atoms with Gasteiger partial charge in [0, 0.05) is 17.6 Å². The zero-order valence-electron chi connectivity index (χ0n) is 9.24. The number of hydrogen-bond donors (Lipinski definition) is 1. The van der Waals surface area contributed by atoms with Crippen LogP contribution >= 0.6 is 11.3 Å². The van der Waals surface area contributed by atoms with Crippen LogP contribution in [0.15, 0.2) is 6.20 Å². The summed E-state index contributed by atoms with van der Waals surface area (Å²) in [5.74, 6) is -0.217. The monoisotopic (exact) mass is 228 g/mol. The standard InChI is InChI=1S/C10H16N2O2S/c1-4-8(10(13)14-3)11-6-9-12-5-7(2)15-9/h5,8,11H,4,6H2,1-3H3. The molecule has 1 aromatic heterocycles. The third kappa shape index (κ3) is 3.60. The lowest BCUT2D eigenvalue weighted by molar-refractivity contribution is -0.143. The highest BCUT2D eigenvalue weighted by Gasteiger charge is 2.16. The fraction of sp³-hybridized carbons (Fsp3) is 0.600. The number of hydrogen-bond acceptors (Lipinski definition) is 5. The zero-order valence-corrected chi connectivity index (χ0v) is 10.1. The first-order valence-electron chi connectivity index (χ1n) is 4.90. The molecular weight excluding hydrogens is 212 g/mol. The Kier molecular flexibility index (Phi) is 4.71. The molecule has 0 aliphatic rings. The number of carbonyl (C=O) groups is 1.